The molecule has 28 heavy (non-hydrogen) atoms. The number of amides is 1. The molecule has 146 valence electrons. The highest BCUT2D eigenvalue weighted by molar-refractivity contribution is 6.04. The maximum absolute atomic E-state index is 13.2. The average molecular weight is 376 g/mol. The summed E-state index contributed by atoms with van der Waals surface area (Å²) < 4.78 is 0. The summed E-state index contributed by atoms with van der Waals surface area (Å²) in [7, 11) is 0. The molecule has 2 aromatic carbocycles. The van der Waals surface area contributed by atoms with Crippen LogP contribution in [-0.4, -0.2) is 41.2 Å². The third-order valence-electron chi connectivity index (χ3n) is 5.89. The van der Waals surface area contributed by atoms with Crippen molar-refractivity contribution in [1.29, 1.82) is 0 Å². The molecule has 1 unspecified atom stereocenters. The Morgan fingerprint density at radius 3 is 2.39 bits per heavy atom. The van der Waals surface area contributed by atoms with Crippen LogP contribution in [0, 0.1) is 20.8 Å². The quantitative estimate of drug-likeness (QED) is 0.795. The summed E-state index contributed by atoms with van der Waals surface area (Å²) in [5, 5.41) is 6.61. The molecule has 0 saturated carbocycles. The molecule has 1 fully saturated rings. The molecule has 2 heterocycles. The first-order chi connectivity index (χ1) is 13.5. The van der Waals surface area contributed by atoms with Gasteiger partial charge in [0.25, 0.3) is 5.91 Å². The first kappa shape index (κ1) is 18.9. The van der Waals surface area contributed by atoms with Crippen LogP contribution < -0.4 is 0 Å². The van der Waals surface area contributed by atoms with Crippen molar-refractivity contribution in [2.75, 3.05) is 19.6 Å². The Labute approximate surface area is 167 Å². The summed E-state index contributed by atoms with van der Waals surface area (Å²) in [5.41, 5.74) is 6.99. The fraction of sp³-hybridized carbons (Fsp3) is 0.417. The number of hydrazone groups is 1. The second-order valence-electron chi connectivity index (χ2n) is 8.22. The molecule has 2 aliphatic heterocycles. The number of aryl methyl sites for hydroxylation is 3. The zero-order valence-corrected chi connectivity index (χ0v) is 17.1. The Balaban J connectivity index is 1.66. The lowest BCUT2D eigenvalue weighted by Crippen LogP contribution is -2.36. The topological polar surface area (TPSA) is 35.9 Å². The third kappa shape index (κ3) is 3.88. The maximum Gasteiger partial charge on any atom is 0.257 e. The predicted octanol–water partition coefficient (Wildman–Crippen LogP) is 4.39. The molecule has 1 saturated heterocycles. The Hall–Kier alpha value is -2.46. The minimum atomic E-state index is -0.0226. The lowest BCUT2D eigenvalue weighted by Gasteiger charge is -2.24. The van der Waals surface area contributed by atoms with Crippen LogP contribution in [-0.2, 0) is 4.79 Å². The maximum atomic E-state index is 13.2. The van der Waals surface area contributed by atoms with Crippen molar-refractivity contribution in [2.45, 2.75) is 46.1 Å². The second-order valence-corrected chi connectivity index (χ2v) is 8.22. The number of rotatable bonds is 4. The molecular weight excluding hydrogens is 346 g/mol. The average Bonchev–Trinajstić information content (AvgIpc) is 3.34. The minimum absolute atomic E-state index is 0.0226. The number of likely N-dealkylation sites (tertiary alicyclic amines) is 1. The van der Waals surface area contributed by atoms with Crippen molar-refractivity contribution in [3.8, 4) is 0 Å². The molecule has 4 heteroatoms. The van der Waals surface area contributed by atoms with Crippen LogP contribution in [0.15, 0.2) is 47.6 Å². The number of benzene rings is 2. The van der Waals surface area contributed by atoms with Gasteiger partial charge < -0.3 is 0 Å². The standard InChI is InChI=1S/C24H29N3O/c1-17-7-10-20(11-8-17)23-15-22(21-14-18(2)6-9-19(21)3)25-27(23)24(28)16-26-12-4-5-13-26/h6-11,14,23H,4-5,12-13,15-16H2,1-3H3. The van der Waals surface area contributed by atoms with E-state index >= 15 is 0 Å². The molecule has 0 N–H and O–H groups in total. The number of carbonyl (C=O) groups is 1. The van der Waals surface area contributed by atoms with Gasteiger partial charge in [-0.05, 0) is 63.9 Å². The number of carbonyl (C=O) groups excluding carboxylic acids is 1. The van der Waals surface area contributed by atoms with E-state index < -0.39 is 0 Å². The molecule has 0 radical (unpaired) electrons. The Morgan fingerprint density at radius 1 is 1.00 bits per heavy atom. The fourth-order valence-corrected chi connectivity index (χ4v) is 4.20. The van der Waals surface area contributed by atoms with Gasteiger partial charge in [-0.2, -0.15) is 5.10 Å². The largest absolute Gasteiger partial charge is 0.294 e. The van der Waals surface area contributed by atoms with E-state index in [1.54, 1.807) is 5.01 Å². The molecule has 2 aromatic rings. The van der Waals surface area contributed by atoms with E-state index in [9.17, 15) is 4.79 Å². The van der Waals surface area contributed by atoms with E-state index in [1.165, 1.54) is 29.5 Å². The predicted molar refractivity (Wildman–Crippen MR) is 114 cm³/mol. The highest BCUT2D eigenvalue weighted by Gasteiger charge is 2.34. The van der Waals surface area contributed by atoms with Crippen LogP contribution in [0.2, 0.25) is 0 Å². The van der Waals surface area contributed by atoms with Gasteiger partial charge in [-0.25, -0.2) is 5.01 Å². The van der Waals surface area contributed by atoms with Gasteiger partial charge in [-0.1, -0.05) is 47.5 Å². The lowest BCUT2D eigenvalue weighted by atomic mass is 9.94. The molecule has 0 spiro atoms. The molecule has 0 aromatic heterocycles. The summed E-state index contributed by atoms with van der Waals surface area (Å²) >= 11 is 0. The molecule has 0 bridgehead atoms. The second kappa shape index (κ2) is 7.88. The zero-order chi connectivity index (χ0) is 19.7. The van der Waals surface area contributed by atoms with Crippen LogP contribution in [0.25, 0.3) is 0 Å². The minimum Gasteiger partial charge on any atom is -0.294 e. The van der Waals surface area contributed by atoms with E-state index in [1.807, 2.05) is 0 Å². The molecule has 4 rings (SSSR count). The van der Waals surface area contributed by atoms with Gasteiger partial charge in [0.05, 0.1) is 18.3 Å². The summed E-state index contributed by atoms with van der Waals surface area (Å²) in [4.78, 5) is 15.4. The number of hydrogen-bond donors (Lipinski definition) is 0. The molecule has 0 aliphatic carbocycles. The van der Waals surface area contributed by atoms with Gasteiger partial charge in [-0.3, -0.25) is 9.69 Å². The Morgan fingerprint density at radius 2 is 1.68 bits per heavy atom. The van der Waals surface area contributed by atoms with Gasteiger partial charge in [0, 0.05) is 12.0 Å². The SMILES string of the molecule is Cc1ccc(C2CC(c3cc(C)ccc3C)=NN2C(=O)CN2CCCC2)cc1. The van der Waals surface area contributed by atoms with Gasteiger partial charge in [0.15, 0.2) is 0 Å². The highest BCUT2D eigenvalue weighted by Crippen LogP contribution is 2.34. The first-order valence-corrected chi connectivity index (χ1v) is 10.3. The number of hydrogen-bond acceptors (Lipinski definition) is 3. The zero-order valence-electron chi connectivity index (χ0n) is 17.1. The fourth-order valence-electron chi connectivity index (χ4n) is 4.20. The molecule has 1 atom stereocenters. The van der Waals surface area contributed by atoms with Crippen LogP contribution in [0.4, 0.5) is 0 Å². The van der Waals surface area contributed by atoms with Crippen LogP contribution in [0.1, 0.15) is 53.1 Å². The van der Waals surface area contributed by atoms with Crippen molar-refractivity contribution in [3.63, 3.8) is 0 Å². The van der Waals surface area contributed by atoms with E-state index in [0.29, 0.717) is 6.54 Å². The van der Waals surface area contributed by atoms with Crippen LogP contribution in [0.3, 0.4) is 0 Å². The van der Waals surface area contributed by atoms with Crippen LogP contribution in [0.5, 0.6) is 0 Å². The first-order valence-electron chi connectivity index (χ1n) is 10.3. The third-order valence-corrected chi connectivity index (χ3v) is 5.89. The molecule has 4 nitrogen and oxygen atoms in total. The molecule has 1 amide bonds. The van der Waals surface area contributed by atoms with Gasteiger partial charge >= 0.3 is 0 Å². The summed E-state index contributed by atoms with van der Waals surface area (Å²) in [6.07, 6.45) is 3.14. The van der Waals surface area contributed by atoms with Gasteiger partial charge in [0.1, 0.15) is 0 Å². The Bertz CT molecular complexity index is 895. The summed E-state index contributed by atoms with van der Waals surface area (Å²) in [6, 6.07) is 14.9. The monoisotopic (exact) mass is 375 g/mol. The van der Waals surface area contributed by atoms with Crippen molar-refractivity contribution in [2.24, 2.45) is 5.10 Å². The highest BCUT2D eigenvalue weighted by atomic mass is 16.2. The van der Waals surface area contributed by atoms with Crippen molar-refractivity contribution < 1.29 is 4.79 Å². The van der Waals surface area contributed by atoms with Gasteiger partial charge in [-0.15, -0.1) is 0 Å². The van der Waals surface area contributed by atoms with E-state index in [-0.39, 0.29) is 11.9 Å². The Kier molecular flexibility index (Phi) is 5.31. The normalized spacial score (nSPS) is 19.9. The van der Waals surface area contributed by atoms with Crippen molar-refractivity contribution in [1.82, 2.24) is 9.91 Å². The van der Waals surface area contributed by atoms with E-state index in [4.69, 9.17) is 5.10 Å². The van der Waals surface area contributed by atoms with Gasteiger partial charge in [0.2, 0.25) is 0 Å². The van der Waals surface area contributed by atoms with Crippen molar-refractivity contribution in [3.05, 3.63) is 70.3 Å². The van der Waals surface area contributed by atoms with E-state index in [2.05, 4.69) is 68.1 Å². The smallest absolute Gasteiger partial charge is 0.257 e. The number of nitrogens with zero attached hydrogens (tertiary/aromatic N) is 3. The van der Waals surface area contributed by atoms with Crippen LogP contribution >= 0.6 is 0 Å². The van der Waals surface area contributed by atoms with Crippen molar-refractivity contribution >= 4 is 11.6 Å². The molecular formula is C24H29N3O. The molecule has 2 aliphatic rings. The van der Waals surface area contributed by atoms with E-state index in [0.717, 1.165) is 36.3 Å². The summed E-state index contributed by atoms with van der Waals surface area (Å²) in [6.45, 7) is 8.81. The lowest BCUT2D eigenvalue weighted by molar-refractivity contribution is -0.134. The summed E-state index contributed by atoms with van der Waals surface area (Å²) in [5.74, 6) is 0.104.